The number of rotatable bonds is 7. The van der Waals surface area contributed by atoms with Crippen molar-refractivity contribution in [1.29, 1.82) is 0 Å². The van der Waals surface area contributed by atoms with Crippen LogP contribution in [0, 0.1) is 0 Å². The largest absolute Gasteiger partial charge is 0.308 e. The van der Waals surface area contributed by atoms with Crippen molar-refractivity contribution >= 4 is 43.2 Å². The quantitative estimate of drug-likeness (QED) is 0.617. The van der Waals surface area contributed by atoms with Crippen molar-refractivity contribution in [2.24, 2.45) is 0 Å². The lowest BCUT2D eigenvalue weighted by Gasteiger charge is -2.13. The lowest BCUT2D eigenvalue weighted by molar-refractivity contribution is 0.544. The van der Waals surface area contributed by atoms with E-state index < -0.39 is 10.0 Å². The molecule has 3 aromatic rings. The van der Waals surface area contributed by atoms with Crippen LogP contribution in [-0.4, -0.2) is 19.0 Å². The zero-order valence-electron chi connectivity index (χ0n) is 15.1. The third-order valence-electron chi connectivity index (χ3n) is 4.28. The zero-order valence-corrected chi connectivity index (χ0v) is 17.5. The normalized spacial score (nSPS) is 13.1. The highest BCUT2D eigenvalue weighted by Gasteiger charge is 2.19. The zero-order chi connectivity index (χ0) is 19.6. The van der Waals surface area contributed by atoms with Crippen LogP contribution in [-0.2, 0) is 16.6 Å². The molecule has 0 aliphatic heterocycles. The molecule has 0 radical (unpaired) electrons. The Bertz CT molecular complexity index is 1100. The van der Waals surface area contributed by atoms with E-state index in [9.17, 15) is 13.2 Å². The molecular formula is C19H21ClN2O3S2. The number of halogens is 1. The Hall–Kier alpha value is -1.67. The van der Waals surface area contributed by atoms with Gasteiger partial charge in [0.25, 0.3) is 0 Å². The summed E-state index contributed by atoms with van der Waals surface area (Å²) in [6.45, 7) is 4.27. The van der Waals surface area contributed by atoms with Gasteiger partial charge in [0.2, 0.25) is 10.0 Å². The lowest BCUT2D eigenvalue weighted by Crippen LogP contribution is -2.32. The summed E-state index contributed by atoms with van der Waals surface area (Å²) in [5.74, 6) is 0. The summed E-state index contributed by atoms with van der Waals surface area (Å²) in [6.07, 6.45) is 1.67. The highest BCUT2D eigenvalue weighted by molar-refractivity contribution is 7.89. The van der Waals surface area contributed by atoms with Gasteiger partial charge in [-0.3, -0.25) is 9.36 Å². The first-order valence-corrected chi connectivity index (χ1v) is 11.4. The van der Waals surface area contributed by atoms with Gasteiger partial charge in [-0.15, -0.1) is 0 Å². The van der Waals surface area contributed by atoms with Crippen LogP contribution >= 0.6 is 22.9 Å². The summed E-state index contributed by atoms with van der Waals surface area (Å²) in [6, 6.07) is 12.0. The van der Waals surface area contributed by atoms with Crippen molar-refractivity contribution in [2.45, 2.75) is 44.2 Å². The van der Waals surface area contributed by atoms with Crippen LogP contribution in [0.5, 0.6) is 0 Å². The molecule has 0 bridgehead atoms. The van der Waals surface area contributed by atoms with E-state index in [1.807, 2.05) is 26.0 Å². The SMILES string of the molecule is CCC[C@@H](C)NS(=O)(=O)c1ccc2c(c1)sc(=O)n2Cc1ccc(Cl)cc1. The van der Waals surface area contributed by atoms with E-state index in [1.54, 1.807) is 34.9 Å². The summed E-state index contributed by atoms with van der Waals surface area (Å²) in [5, 5.41) is 0.640. The van der Waals surface area contributed by atoms with Crippen LogP contribution in [0.1, 0.15) is 32.3 Å². The van der Waals surface area contributed by atoms with Gasteiger partial charge in [-0.2, -0.15) is 0 Å². The summed E-state index contributed by atoms with van der Waals surface area (Å²) in [5.41, 5.74) is 1.67. The molecule has 1 heterocycles. The molecule has 0 aliphatic rings. The molecule has 0 saturated carbocycles. The van der Waals surface area contributed by atoms with Crippen molar-refractivity contribution < 1.29 is 8.42 Å². The monoisotopic (exact) mass is 424 g/mol. The predicted molar refractivity (Wildman–Crippen MR) is 111 cm³/mol. The molecule has 0 unspecified atom stereocenters. The Balaban J connectivity index is 1.93. The first kappa shape index (κ1) is 20.1. The first-order valence-electron chi connectivity index (χ1n) is 8.70. The Morgan fingerprint density at radius 2 is 1.89 bits per heavy atom. The van der Waals surface area contributed by atoms with E-state index in [0.29, 0.717) is 16.3 Å². The molecule has 0 fully saturated rings. The molecule has 0 aliphatic carbocycles. The molecule has 3 rings (SSSR count). The summed E-state index contributed by atoms with van der Waals surface area (Å²) < 4.78 is 30.1. The number of nitrogens with zero attached hydrogens (tertiary/aromatic N) is 1. The maximum absolute atomic E-state index is 12.6. The van der Waals surface area contributed by atoms with Gasteiger partial charge in [-0.05, 0) is 49.2 Å². The minimum absolute atomic E-state index is 0.123. The van der Waals surface area contributed by atoms with Gasteiger partial charge in [-0.1, -0.05) is 48.4 Å². The molecule has 1 aromatic heterocycles. The molecule has 2 aromatic carbocycles. The number of thiazole rings is 1. The van der Waals surface area contributed by atoms with Crippen molar-refractivity contribution in [3.63, 3.8) is 0 Å². The Morgan fingerprint density at radius 3 is 2.56 bits per heavy atom. The molecule has 8 heteroatoms. The van der Waals surface area contributed by atoms with Gasteiger partial charge >= 0.3 is 4.87 Å². The third-order valence-corrected chi connectivity index (χ3v) is 7.06. The van der Waals surface area contributed by atoms with Crippen molar-refractivity contribution in [3.8, 4) is 0 Å². The Kier molecular flexibility index (Phi) is 6.05. The minimum Gasteiger partial charge on any atom is -0.294 e. The summed E-state index contributed by atoms with van der Waals surface area (Å²) in [7, 11) is -3.61. The average Bonchev–Trinajstić information content (AvgIpc) is 2.91. The van der Waals surface area contributed by atoms with Crippen molar-refractivity contribution in [1.82, 2.24) is 9.29 Å². The van der Waals surface area contributed by atoms with E-state index in [1.165, 1.54) is 0 Å². The molecule has 1 N–H and O–H groups in total. The number of hydrogen-bond donors (Lipinski definition) is 1. The van der Waals surface area contributed by atoms with E-state index in [4.69, 9.17) is 11.6 Å². The van der Waals surface area contributed by atoms with Crippen LogP contribution in [0.3, 0.4) is 0 Å². The van der Waals surface area contributed by atoms with Crippen molar-refractivity contribution in [2.75, 3.05) is 0 Å². The maximum Gasteiger partial charge on any atom is 0.308 e. The number of hydrogen-bond acceptors (Lipinski definition) is 4. The van der Waals surface area contributed by atoms with Gasteiger partial charge in [-0.25, -0.2) is 13.1 Å². The molecule has 144 valence electrons. The lowest BCUT2D eigenvalue weighted by atomic mass is 10.2. The summed E-state index contributed by atoms with van der Waals surface area (Å²) >= 11 is 6.96. The highest BCUT2D eigenvalue weighted by Crippen LogP contribution is 2.23. The standard InChI is InChI=1S/C19H21ClN2O3S2/c1-3-4-13(2)21-27(24,25)16-9-10-17-18(11-16)26-19(23)22(17)12-14-5-7-15(20)8-6-14/h5-11,13,21H,3-4,12H2,1-2H3/t13-/m1/s1. The van der Waals surface area contributed by atoms with Crippen LogP contribution < -0.4 is 9.60 Å². The fraction of sp³-hybridized carbons (Fsp3) is 0.316. The molecular weight excluding hydrogens is 404 g/mol. The van der Waals surface area contributed by atoms with E-state index >= 15 is 0 Å². The second kappa shape index (κ2) is 8.14. The maximum atomic E-state index is 12.6. The number of nitrogens with one attached hydrogen (secondary N) is 1. The van der Waals surface area contributed by atoms with Gasteiger partial charge in [0.15, 0.2) is 0 Å². The number of fused-ring (bicyclic) bond motifs is 1. The second-order valence-corrected chi connectivity index (χ2v) is 9.66. The second-order valence-electron chi connectivity index (χ2n) is 6.52. The molecule has 0 saturated heterocycles. The number of sulfonamides is 1. The smallest absolute Gasteiger partial charge is 0.294 e. The molecule has 5 nitrogen and oxygen atoms in total. The van der Waals surface area contributed by atoms with E-state index in [2.05, 4.69) is 4.72 Å². The minimum atomic E-state index is -3.61. The number of aromatic nitrogens is 1. The molecule has 27 heavy (non-hydrogen) atoms. The molecule has 0 amide bonds. The van der Waals surface area contributed by atoms with Gasteiger partial charge in [0.1, 0.15) is 0 Å². The van der Waals surface area contributed by atoms with Gasteiger partial charge < -0.3 is 0 Å². The topological polar surface area (TPSA) is 68.2 Å². The fourth-order valence-corrected chi connectivity index (χ4v) is 5.40. The Labute approximate surface area is 167 Å². The van der Waals surface area contributed by atoms with Crippen LogP contribution in [0.25, 0.3) is 10.2 Å². The van der Waals surface area contributed by atoms with Gasteiger partial charge in [0, 0.05) is 11.1 Å². The number of benzene rings is 2. The highest BCUT2D eigenvalue weighted by atomic mass is 35.5. The predicted octanol–water partition coefficient (Wildman–Crippen LogP) is 4.23. The Morgan fingerprint density at radius 1 is 1.19 bits per heavy atom. The first-order chi connectivity index (χ1) is 12.8. The average molecular weight is 425 g/mol. The van der Waals surface area contributed by atoms with E-state index in [0.717, 1.165) is 35.3 Å². The fourth-order valence-electron chi connectivity index (χ4n) is 2.96. The van der Waals surface area contributed by atoms with Crippen LogP contribution in [0.4, 0.5) is 0 Å². The third kappa shape index (κ3) is 4.60. The van der Waals surface area contributed by atoms with Crippen LogP contribution in [0.2, 0.25) is 5.02 Å². The van der Waals surface area contributed by atoms with Crippen molar-refractivity contribution in [3.05, 3.63) is 62.7 Å². The van der Waals surface area contributed by atoms with E-state index in [-0.39, 0.29) is 15.8 Å². The van der Waals surface area contributed by atoms with Gasteiger partial charge in [0.05, 0.1) is 21.7 Å². The van der Waals surface area contributed by atoms with Crippen LogP contribution in [0.15, 0.2) is 52.2 Å². The molecule has 0 spiro atoms. The molecule has 1 atom stereocenters. The summed E-state index contributed by atoms with van der Waals surface area (Å²) in [4.78, 5) is 12.5.